The van der Waals surface area contributed by atoms with Gasteiger partial charge in [-0.3, -0.25) is 4.79 Å². The van der Waals surface area contributed by atoms with E-state index in [1.807, 2.05) is 0 Å². The first-order valence-electron chi connectivity index (χ1n) is 13.2. The highest BCUT2D eigenvalue weighted by Gasteiger charge is 2.64. The predicted molar refractivity (Wildman–Crippen MR) is 131 cm³/mol. The maximum Gasteiger partial charge on any atom is 0.147 e. The summed E-state index contributed by atoms with van der Waals surface area (Å²) in [5.74, 6) is 5.80. The lowest BCUT2D eigenvalue weighted by Gasteiger charge is -2.65. The number of carbonyl (C=O) groups is 1. The van der Waals surface area contributed by atoms with Crippen molar-refractivity contribution in [1.82, 2.24) is 0 Å². The van der Waals surface area contributed by atoms with Crippen LogP contribution in [0.5, 0.6) is 0 Å². The van der Waals surface area contributed by atoms with Gasteiger partial charge in [-0.05, 0) is 96.7 Å². The number of fused-ring (bicyclic) bond motifs is 5. The first kappa shape index (κ1) is 23.3. The molecule has 0 aromatic carbocycles. The SMILES string of the molecule is CC(C)CCC[C@H](C)[C@@H]1CC[C@@H]2[C@@H]3CC[C@@]4(C)CC(=O)[C@H](Br)C[C@]4(C)[C@H]3CC[C@]21C. The molecular formula is C28H47BrO. The van der Waals surface area contributed by atoms with E-state index in [1.54, 1.807) is 0 Å². The Bertz CT molecular complexity index is 657. The molecule has 0 amide bonds. The zero-order chi connectivity index (χ0) is 21.9. The number of ketones is 1. The maximum atomic E-state index is 12.6. The minimum atomic E-state index is 0.0972. The fourth-order valence-corrected chi connectivity index (χ4v) is 10.2. The average Bonchev–Trinajstić information content (AvgIpc) is 3.01. The summed E-state index contributed by atoms with van der Waals surface area (Å²) >= 11 is 3.77. The highest BCUT2D eigenvalue weighted by molar-refractivity contribution is 9.10. The highest BCUT2D eigenvalue weighted by atomic mass is 79.9. The van der Waals surface area contributed by atoms with E-state index in [9.17, 15) is 4.79 Å². The van der Waals surface area contributed by atoms with Crippen LogP contribution in [-0.2, 0) is 4.79 Å². The number of carbonyl (C=O) groups excluding carboxylic acids is 1. The molecule has 0 radical (unpaired) electrons. The standard InChI is InChI=1S/C28H47BrO/c1-18(2)8-7-9-19(3)21-10-11-22-20-12-14-26(4)17-25(30)24(29)16-28(26,6)23(20)13-15-27(21,22)5/h18-24H,7-17H2,1-6H3/t19-,20-,21-,22+,23-,24+,26-,27-,28+/m0/s1. The van der Waals surface area contributed by atoms with E-state index < -0.39 is 0 Å². The molecule has 1 nitrogen and oxygen atoms in total. The molecule has 0 bridgehead atoms. The fourth-order valence-electron chi connectivity index (χ4n) is 9.39. The summed E-state index contributed by atoms with van der Waals surface area (Å²) in [6.07, 6.45) is 14.6. The van der Waals surface area contributed by atoms with Crippen LogP contribution in [0.3, 0.4) is 0 Å². The second-order valence-electron chi connectivity index (χ2n) is 13.2. The monoisotopic (exact) mass is 478 g/mol. The van der Waals surface area contributed by atoms with Crippen LogP contribution in [0.15, 0.2) is 0 Å². The van der Waals surface area contributed by atoms with E-state index >= 15 is 0 Å². The van der Waals surface area contributed by atoms with Crippen molar-refractivity contribution in [3.05, 3.63) is 0 Å². The molecule has 0 aliphatic heterocycles. The van der Waals surface area contributed by atoms with E-state index in [1.165, 1.54) is 57.8 Å². The second-order valence-corrected chi connectivity index (χ2v) is 14.3. The fraction of sp³-hybridized carbons (Fsp3) is 0.964. The summed E-state index contributed by atoms with van der Waals surface area (Å²) in [6.45, 7) is 15.0. The lowest BCUT2D eigenvalue weighted by Crippen LogP contribution is -2.59. The van der Waals surface area contributed by atoms with Gasteiger partial charge in [0.2, 0.25) is 0 Å². The van der Waals surface area contributed by atoms with Crippen LogP contribution in [0, 0.1) is 51.8 Å². The first-order chi connectivity index (χ1) is 14.0. The van der Waals surface area contributed by atoms with E-state index in [0.29, 0.717) is 16.6 Å². The third-order valence-electron chi connectivity index (χ3n) is 11.4. The van der Waals surface area contributed by atoms with Crippen LogP contribution in [0.4, 0.5) is 0 Å². The van der Waals surface area contributed by atoms with Gasteiger partial charge in [0.05, 0.1) is 4.83 Å². The van der Waals surface area contributed by atoms with Crippen molar-refractivity contribution in [2.24, 2.45) is 51.8 Å². The van der Waals surface area contributed by atoms with Crippen LogP contribution in [0.1, 0.15) is 112 Å². The van der Waals surface area contributed by atoms with Crippen molar-refractivity contribution in [2.75, 3.05) is 0 Å². The van der Waals surface area contributed by atoms with E-state index in [-0.39, 0.29) is 10.2 Å². The van der Waals surface area contributed by atoms with Gasteiger partial charge in [0, 0.05) is 6.42 Å². The van der Waals surface area contributed by atoms with Crippen molar-refractivity contribution < 1.29 is 4.79 Å². The lowest BCUT2D eigenvalue weighted by atomic mass is 9.40. The Labute approximate surface area is 195 Å². The molecule has 0 aromatic heterocycles. The van der Waals surface area contributed by atoms with Crippen LogP contribution < -0.4 is 0 Å². The third-order valence-corrected chi connectivity index (χ3v) is 12.2. The summed E-state index contributed by atoms with van der Waals surface area (Å²) in [7, 11) is 0. The number of alkyl halides is 1. The van der Waals surface area contributed by atoms with Gasteiger partial charge in [-0.2, -0.15) is 0 Å². The van der Waals surface area contributed by atoms with E-state index in [2.05, 4.69) is 57.5 Å². The van der Waals surface area contributed by atoms with Crippen molar-refractivity contribution in [2.45, 2.75) is 117 Å². The third kappa shape index (κ3) is 3.58. The van der Waals surface area contributed by atoms with Gasteiger partial charge in [0.15, 0.2) is 0 Å². The molecule has 0 N–H and O–H groups in total. The summed E-state index contributed by atoms with van der Waals surface area (Å²) in [5.41, 5.74) is 1.13. The molecular weight excluding hydrogens is 432 g/mol. The average molecular weight is 480 g/mol. The molecule has 9 atom stereocenters. The number of rotatable bonds is 5. The van der Waals surface area contributed by atoms with Gasteiger partial charge in [-0.25, -0.2) is 0 Å². The van der Waals surface area contributed by atoms with Crippen LogP contribution in [-0.4, -0.2) is 10.6 Å². The lowest BCUT2D eigenvalue weighted by molar-refractivity contribution is -0.162. The van der Waals surface area contributed by atoms with Crippen molar-refractivity contribution >= 4 is 21.7 Å². The Morgan fingerprint density at radius 1 is 0.967 bits per heavy atom. The second kappa shape index (κ2) is 8.18. The Hall–Kier alpha value is 0.150. The topological polar surface area (TPSA) is 17.1 Å². The number of Topliss-reactive ketones (excluding diaryl/α,β-unsaturated/α-hetero) is 1. The molecule has 4 aliphatic rings. The maximum absolute atomic E-state index is 12.6. The smallest absolute Gasteiger partial charge is 0.147 e. The van der Waals surface area contributed by atoms with Crippen LogP contribution in [0.25, 0.3) is 0 Å². The van der Waals surface area contributed by atoms with Crippen LogP contribution >= 0.6 is 15.9 Å². The summed E-state index contributed by atoms with van der Waals surface area (Å²) in [4.78, 5) is 12.7. The van der Waals surface area contributed by atoms with Gasteiger partial charge in [-0.1, -0.05) is 76.7 Å². The van der Waals surface area contributed by atoms with Crippen molar-refractivity contribution in [3.8, 4) is 0 Å². The molecule has 0 saturated heterocycles. The highest BCUT2D eigenvalue weighted by Crippen LogP contribution is 2.71. The summed E-state index contributed by atoms with van der Waals surface area (Å²) in [6, 6.07) is 0. The number of halogens is 1. The zero-order valence-electron chi connectivity index (χ0n) is 20.6. The Balaban J connectivity index is 1.52. The molecule has 0 heterocycles. The molecule has 30 heavy (non-hydrogen) atoms. The van der Waals surface area contributed by atoms with Gasteiger partial charge in [0.25, 0.3) is 0 Å². The van der Waals surface area contributed by atoms with Gasteiger partial charge >= 0.3 is 0 Å². The minimum Gasteiger partial charge on any atom is -0.298 e. The zero-order valence-corrected chi connectivity index (χ0v) is 22.2. The Kier molecular flexibility index (Phi) is 6.35. The first-order valence-corrected chi connectivity index (χ1v) is 14.1. The largest absolute Gasteiger partial charge is 0.298 e. The number of hydrogen-bond donors (Lipinski definition) is 0. The van der Waals surface area contributed by atoms with Crippen molar-refractivity contribution in [1.29, 1.82) is 0 Å². The molecule has 4 saturated carbocycles. The Morgan fingerprint density at radius 3 is 2.40 bits per heavy atom. The minimum absolute atomic E-state index is 0.0972. The quantitative estimate of drug-likeness (QED) is 0.362. The van der Waals surface area contributed by atoms with Crippen molar-refractivity contribution in [3.63, 3.8) is 0 Å². The van der Waals surface area contributed by atoms with E-state index in [4.69, 9.17) is 0 Å². The van der Waals surface area contributed by atoms with Gasteiger partial charge in [-0.15, -0.1) is 0 Å². The van der Waals surface area contributed by atoms with Gasteiger partial charge < -0.3 is 0 Å². The molecule has 0 spiro atoms. The van der Waals surface area contributed by atoms with E-state index in [0.717, 1.165) is 48.3 Å². The van der Waals surface area contributed by atoms with Gasteiger partial charge in [0.1, 0.15) is 5.78 Å². The number of hydrogen-bond acceptors (Lipinski definition) is 1. The summed E-state index contributed by atoms with van der Waals surface area (Å²) < 4.78 is 0. The normalized spacial score (nSPS) is 49.5. The molecule has 4 fully saturated rings. The van der Waals surface area contributed by atoms with Crippen LogP contribution in [0.2, 0.25) is 0 Å². The molecule has 172 valence electrons. The predicted octanol–water partition coefficient (Wildman–Crippen LogP) is 8.44. The molecule has 4 aliphatic carbocycles. The molecule has 0 unspecified atom stereocenters. The summed E-state index contributed by atoms with van der Waals surface area (Å²) in [5, 5.41) is 0. The Morgan fingerprint density at radius 2 is 1.70 bits per heavy atom. The molecule has 4 rings (SSSR count). The molecule has 2 heteroatoms. The molecule has 0 aromatic rings.